The lowest BCUT2D eigenvalue weighted by atomic mass is 10.0. The standard InChI is InChI=1S/C19H18ClNO4/c20-13-15-4-8-16(9-5-15)19(23)3-1-2-18(22)12-14-6-10-17(11-7-14)21(24)25/h4-11H,1-3,12-13H2. The van der Waals surface area contributed by atoms with Gasteiger partial charge in [0, 0.05) is 42.8 Å². The lowest BCUT2D eigenvalue weighted by Gasteiger charge is -2.03. The maximum absolute atomic E-state index is 12.1. The largest absolute Gasteiger partial charge is 0.299 e. The Morgan fingerprint density at radius 1 is 0.920 bits per heavy atom. The van der Waals surface area contributed by atoms with Crippen LogP contribution in [0.2, 0.25) is 0 Å². The number of alkyl halides is 1. The summed E-state index contributed by atoms with van der Waals surface area (Å²) in [5.74, 6) is 0.425. The van der Waals surface area contributed by atoms with E-state index >= 15 is 0 Å². The van der Waals surface area contributed by atoms with E-state index in [1.54, 1.807) is 24.3 Å². The predicted molar refractivity (Wildman–Crippen MR) is 96.0 cm³/mol. The summed E-state index contributed by atoms with van der Waals surface area (Å²) in [7, 11) is 0. The Kier molecular flexibility index (Phi) is 6.83. The van der Waals surface area contributed by atoms with E-state index in [0.29, 0.717) is 30.7 Å². The zero-order chi connectivity index (χ0) is 18.2. The molecule has 2 rings (SSSR count). The maximum atomic E-state index is 12.1. The highest BCUT2D eigenvalue weighted by Gasteiger charge is 2.10. The summed E-state index contributed by atoms with van der Waals surface area (Å²) in [6.07, 6.45) is 1.33. The summed E-state index contributed by atoms with van der Waals surface area (Å²) in [4.78, 5) is 34.2. The highest BCUT2D eigenvalue weighted by Crippen LogP contribution is 2.14. The van der Waals surface area contributed by atoms with Crippen LogP contribution in [0.3, 0.4) is 0 Å². The van der Waals surface area contributed by atoms with Gasteiger partial charge in [0.1, 0.15) is 5.78 Å². The zero-order valence-electron chi connectivity index (χ0n) is 13.6. The number of ketones is 2. The van der Waals surface area contributed by atoms with Gasteiger partial charge in [-0.05, 0) is 17.5 Å². The average molecular weight is 360 g/mol. The number of Topliss-reactive ketones (excluding diaryl/α,β-unsaturated/α-hetero) is 2. The predicted octanol–water partition coefficient (Wildman–Crippen LogP) is 4.50. The number of halogens is 1. The molecule has 0 N–H and O–H groups in total. The molecule has 0 unspecified atom stereocenters. The summed E-state index contributed by atoms with van der Waals surface area (Å²) >= 11 is 5.71. The van der Waals surface area contributed by atoms with E-state index < -0.39 is 4.92 Å². The summed E-state index contributed by atoms with van der Waals surface area (Å²) in [5.41, 5.74) is 2.31. The highest BCUT2D eigenvalue weighted by molar-refractivity contribution is 6.17. The molecule has 0 saturated carbocycles. The van der Waals surface area contributed by atoms with Crippen LogP contribution in [0.25, 0.3) is 0 Å². The first-order chi connectivity index (χ1) is 12.0. The molecule has 25 heavy (non-hydrogen) atoms. The molecule has 0 amide bonds. The topological polar surface area (TPSA) is 77.3 Å². The lowest BCUT2D eigenvalue weighted by Crippen LogP contribution is -2.05. The van der Waals surface area contributed by atoms with Crippen molar-refractivity contribution in [2.45, 2.75) is 31.6 Å². The molecule has 0 heterocycles. The van der Waals surface area contributed by atoms with Crippen molar-refractivity contribution in [1.82, 2.24) is 0 Å². The van der Waals surface area contributed by atoms with Gasteiger partial charge in [-0.2, -0.15) is 0 Å². The quantitative estimate of drug-likeness (QED) is 0.286. The van der Waals surface area contributed by atoms with E-state index in [4.69, 9.17) is 11.6 Å². The SMILES string of the molecule is O=C(CCCC(=O)c1ccc(CCl)cc1)Cc1ccc([N+](=O)[O-])cc1. The lowest BCUT2D eigenvalue weighted by molar-refractivity contribution is -0.384. The molecule has 0 bridgehead atoms. The van der Waals surface area contributed by atoms with Crippen LogP contribution in [-0.4, -0.2) is 16.5 Å². The summed E-state index contributed by atoms with van der Waals surface area (Å²) < 4.78 is 0. The van der Waals surface area contributed by atoms with Crippen molar-refractivity contribution in [2.75, 3.05) is 0 Å². The second-order valence-electron chi connectivity index (χ2n) is 5.75. The van der Waals surface area contributed by atoms with Gasteiger partial charge in [-0.25, -0.2) is 0 Å². The van der Waals surface area contributed by atoms with E-state index in [1.165, 1.54) is 12.1 Å². The molecular weight excluding hydrogens is 342 g/mol. The van der Waals surface area contributed by atoms with Gasteiger partial charge in [-0.15, -0.1) is 11.6 Å². The maximum Gasteiger partial charge on any atom is 0.269 e. The van der Waals surface area contributed by atoms with Crippen LogP contribution in [0, 0.1) is 10.1 Å². The average Bonchev–Trinajstić information content (AvgIpc) is 2.62. The van der Waals surface area contributed by atoms with Crippen molar-refractivity contribution in [3.63, 3.8) is 0 Å². The molecule has 2 aromatic rings. The molecule has 0 atom stereocenters. The van der Waals surface area contributed by atoms with Crippen LogP contribution in [0.15, 0.2) is 48.5 Å². The van der Waals surface area contributed by atoms with Crippen molar-refractivity contribution in [1.29, 1.82) is 0 Å². The third kappa shape index (κ3) is 5.80. The number of non-ortho nitro benzene ring substituents is 1. The normalized spacial score (nSPS) is 10.4. The van der Waals surface area contributed by atoms with Crippen molar-refractivity contribution >= 4 is 28.9 Å². The minimum Gasteiger partial charge on any atom is -0.299 e. The summed E-state index contributed by atoms with van der Waals surface area (Å²) in [6, 6.07) is 13.1. The molecule has 0 aliphatic carbocycles. The molecular formula is C19H18ClNO4. The summed E-state index contributed by atoms with van der Waals surface area (Å²) in [6.45, 7) is 0. The van der Waals surface area contributed by atoms with Crippen LogP contribution >= 0.6 is 11.6 Å². The Bertz CT molecular complexity index is 754. The van der Waals surface area contributed by atoms with Gasteiger partial charge in [0.05, 0.1) is 4.92 Å². The third-order valence-corrected chi connectivity index (χ3v) is 4.15. The van der Waals surface area contributed by atoms with Crippen LogP contribution in [0.4, 0.5) is 5.69 Å². The van der Waals surface area contributed by atoms with Gasteiger partial charge in [0.2, 0.25) is 0 Å². The first kappa shape index (κ1) is 18.8. The number of nitro benzene ring substituents is 1. The van der Waals surface area contributed by atoms with Gasteiger partial charge in [0.15, 0.2) is 5.78 Å². The van der Waals surface area contributed by atoms with Crippen LogP contribution < -0.4 is 0 Å². The molecule has 0 saturated heterocycles. The fourth-order valence-corrected chi connectivity index (χ4v) is 2.60. The van der Waals surface area contributed by atoms with Crippen molar-refractivity contribution < 1.29 is 14.5 Å². The van der Waals surface area contributed by atoms with E-state index in [-0.39, 0.29) is 23.7 Å². The summed E-state index contributed by atoms with van der Waals surface area (Å²) in [5, 5.41) is 10.6. The molecule has 5 nitrogen and oxygen atoms in total. The number of hydrogen-bond acceptors (Lipinski definition) is 4. The Hall–Kier alpha value is -2.53. The Labute approximate surface area is 150 Å². The number of carbonyl (C=O) groups is 2. The van der Waals surface area contributed by atoms with E-state index in [2.05, 4.69) is 0 Å². The fourth-order valence-electron chi connectivity index (χ4n) is 2.42. The first-order valence-corrected chi connectivity index (χ1v) is 8.46. The van der Waals surface area contributed by atoms with Gasteiger partial charge in [0.25, 0.3) is 5.69 Å². The molecule has 0 aliphatic heterocycles. The van der Waals surface area contributed by atoms with Crippen LogP contribution in [0.5, 0.6) is 0 Å². The van der Waals surface area contributed by atoms with Gasteiger partial charge < -0.3 is 0 Å². The minimum absolute atomic E-state index is 0.00183. The van der Waals surface area contributed by atoms with Crippen molar-refractivity contribution in [2.24, 2.45) is 0 Å². The van der Waals surface area contributed by atoms with Gasteiger partial charge in [-0.3, -0.25) is 19.7 Å². The number of nitro groups is 1. The number of rotatable bonds is 9. The van der Waals surface area contributed by atoms with Crippen molar-refractivity contribution in [3.05, 3.63) is 75.3 Å². The van der Waals surface area contributed by atoms with Crippen LogP contribution in [-0.2, 0) is 17.1 Å². The van der Waals surface area contributed by atoms with E-state index in [1.807, 2.05) is 12.1 Å². The first-order valence-electron chi connectivity index (χ1n) is 7.92. The molecule has 130 valence electrons. The fraction of sp³-hybridized carbons (Fsp3) is 0.263. The Balaban J connectivity index is 1.77. The van der Waals surface area contributed by atoms with E-state index in [0.717, 1.165) is 11.1 Å². The smallest absolute Gasteiger partial charge is 0.269 e. The number of carbonyl (C=O) groups excluding carboxylic acids is 2. The number of benzene rings is 2. The number of nitrogens with zero attached hydrogens (tertiary/aromatic N) is 1. The van der Waals surface area contributed by atoms with Gasteiger partial charge >= 0.3 is 0 Å². The second-order valence-corrected chi connectivity index (χ2v) is 6.01. The minimum atomic E-state index is -0.475. The second kappa shape index (κ2) is 9.08. The molecule has 0 radical (unpaired) electrons. The van der Waals surface area contributed by atoms with Crippen LogP contribution in [0.1, 0.15) is 40.7 Å². The monoisotopic (exact) mass is 359 g/mol. The number of hydrogen-bond donors (Lipinski definition) is 0. The molecule has 0 spiro atoms. The molecule has 6 heteroatoms. The van der Waals surface area contributed by atoms with Gasteiger partial charge in [-0.1, -0.05) is 36.4 Å². The van der Waals surface area contributed by atoms with E-state index in [9.17, 15) is 19.7 Å². The van der Waals surface area contributed by atoms with Crippen molar-refractivity contribution in [3.8, 4) is 0 Å². The third-order valence-electron chi connectivity index (χ3n) is 3.84. The Morgan fingerprint density at radius 3 is 2.08 bits per heavy atom. The molecule has 0 aromatic heterocycles. The molecule has 2 aromatic carbocycles. The molecule has 0 fully saturated rings. The molecule has 0 aliphatic rings. The Morgan fingerprint density at radius 2 is 1.52 bits per heavy atom. The highest BCUT2D eigenvalue weighted by atomic mass is 35.5. The zero-order valence-corrected chi connectivity index (χ0v) is 14.4.